The summed E-state index contributed by atoms with van der Waals surface area (Å²) in [6.45, 7) is 0. The van der Waals surface area contributed by atoms with Crippen molar-refractivity contribution in [2.45, 2.75) is 0 Å². The molecule has 0 saturated carbocycles. The number of fused-ring (bicyclic) bond motifs is 10. The highest BCUT2D eigenvalue weighted by atomic mass is 32.1. The van der Waals surface area contributed by atoms with E-state index in [2.05, 4.69) is 126 Å². The first-order valence-corrected chi connectivity index (χ1v) is 16.6. The Morgan fingerprint density at radius 2 is 1.13 bits per heavy atom. The van der Waals surface area contributed by atoms with Gasteiger partial charge in [-0.2, -0.15) is 0 Å². The van der Waals surface area contributed by atoms with Gasteiger partial charge in [0.25, 0.3) is 0 Å². The molecule has 0 aliphatic heterocycles. The van der Waals surface area contributed by atoms with Crippen molar-refractivity contribution in [3.63, 3.8) is 0 Å². The van der Waals surface area contributed by atoms with E-state index >= 15 is 0 Å². The molecule has 0 unspecified atom stereocenters. The van der Waals surface area contributed by atoms with Gasteiger partial charge in [0.15, 0.2) is 5.82 Å². The van der Waals surface area contributed by atoms with Crippen LogP contribution in [0, 0.1) is 0 Å². The highest BCUT2D eigenvalue weighted by Gasteiger charge is 2.19. The molecule has 4 heterocycles. The first-order valence-electron chi connectivity index (χ1n) is 15.0. The lowest BCUT2D eigenvalue weighted by Crippen LogP contribution is -1.95. The number of aromatic nitrogens is 3. The van der Waals surface area contributed by atoms with Gasteiger partial charge in [0.05, 0.1) is 26.9 Å². The van der Waals surface area contributed by atoms with Gasteiger partial charge in [0, 0.05) is 57.8 Å². The summed E-state index contributed by atoms with van der Waals surface area (Å²) >= 11 is 3.64. The first-order chi connectivity index (χ1) is 22.3. The van der Waals surface area contributed by atoms with E-state index in [9.17, 15) is 0 Å². The Morgan fingerprint density at radius 3 is 1.96 bits per heavy atom. The smallest absolute Gasteiger partial charge is 0.160 e. The van der Waals surface area contributed by atoms with E-state index in [4.69, 9.17) is 9.97 Å². The minimum atomic E-state index is 0.750. The second-order valence-electron chi connectivity index (χ2n) is 11.4. The number of hydrogen-bond donors (Lipinski definition) is 0. The van der Waals surface area contributed by atoms with Gasteiger partial charge in [-0.25, -0.2) is 9.97 Å². The third-order valence-corrected chi connectivity index (χ3v) is 11.1. The normalized spacial score (nSPS) is 12.0. The van der Waals surface area contributed by atoms with E-state index in [1.165, 1.54) is 52.1 Å². The first kappa shape index (κ1) is 25.0. The van der Waals surface area contributed by atoms with E-state index in [0.29, 0.717) is 0 Å². The Morgan fingerprint density at radius 1 is 0.444 bits per heavy atom. The van der Waals surface area contributed by atoms with Crippen LogP contribution in [-0.2, 0) is 0 Å². The topological polar surface area (TPSA) is 30.7 Å². The van der Waals surface area contributed by atoms with Crippen LogP contribution in [0.1, 0.15) is 0 Å². The molecular weight excluding hydrogens is 587 g/mol. The third kappa shape index (κ3) is 3.69. The van der Waals surface area contributed by atoms with E-state index in [-0.39, 0.29) is 0 Å². The Kier molecular flexibility index (Phi) is 5.32. The van der Waals surface area contributed by atoms with Crippen LogP contribution < -0.4 is 0 Å². The molecule has 5 heteroatoms. The van der Waals surface area contributed by atoms with Crippen molar-refractivity contribution in [1.82, 2.24) is 14.5 Å². The minimum absolute atomic E-state index is 0.750. The Hall–Kier alpha value is -5.36. The molecule has 0 aliphatic rings. The Balaban J connectivity index is 1.20. The van der Waals surface area contributed by atoms with Crippen molar-refractivity contribution in [3.8, 4) is 28.3 Å². The van der Waals surface area contributed by atoms with E-state index in [1.807, 2.05) is 29.5 Å². The fourth-order valence-corrected chi connectivity index (χ4v) is 9.09. The molecule has 3 nitrogen and oxygen atoms in total. The molecule has 0 spiro atoms. The van der Waals surface area contributed by atoms with Crippen LogP contribution in [0.3, 0.4) is 0 Å². The molecule has 0 N–H and O–H groups in total. The summed E-state index contributed by atoms with van der Waals surface area (Å²) in [5, 5.41) is 6.45. The van der Waals surface area contributed by atoms with Crippen LogP contribution in [0.25, 0.3) is 90.6 Å². The van der Waals surface area contributed by atoms with Gasteiger partial charge in [0.1, 0.15) is 0 Å². The molecule has 4 aromatic heterocycles. The number of nitrogens with zero attached hydrogens (tertiary/aromatic N) is 3. The van der Waals surface area contributed by atoms with Crippen molar-refractivity contribution >= 4 is 85.0 Å². The molecule has 0 fully saturated rings. The zero-order valence-electron chi connectivity index (χ0n) is 23.9. The monoisotopic (exact) mass is 609 g/mol. The van der Waals surface area contributed by atoms with Crippen LogP contribution in [0.15, 0.2) is 140 Å². The van der Waals surface area contributed by atoms with E-state index in [0.717, 1.165) is 38.5 Å². The SMILES string of the molecule is c1ccc(-c2nc(-c3ccc(-n4c5ccccc5c5c6c(ccc54)sc4ccccc46)cc3)c3sc4ccccc4c3n2)cc1. The Bertz CT molecular complexity index is 2750. The molecule has 210 valence electrons. The lowest BCUT2D eigenvalue weighted by Gasteiger charge is -2.10. The van der Waals surface area contributed by atoms with Gasteiger partial charge in [-0.05, 0) is 42.5 Å². The second kappa shape index (κ2) is 9.57. The molecule has 6 aromatic carbocycles. The predicted octanol–water partition coefficient (Wildman–Crippen LogP) is 11.6. The fraction of sp³-hybridized carbons (Fsp3) is 0. The van der Waals surface area contributed by atoms with Crippen LogP contribution in [0.5, 0.6) is 0 Å². The number of rotatable bonds is 3. The zero-order valence-corrected chi connectivity index (χ0v) is 25.6. The van der Waals surface area contributed by atoms with Crippen molar-refractivity contribution < 1.29 is 0 Å². The molecule has 0 radical (unpaired) electrons. The van der Waals surface area contributed by atoms with Gasteiger partial charge < -0.3 is 4.57 Å². The number of benzene rings is 6. The zero-order chi connectivity index (χ0) is 29.5. The van der Waals surface area contributed by atoms with Gasteiger partial charge in [-0.1, -0.05) is 97.1 Å². The average molecular weight is 610 g/mol. The molecular formula is C40H23N3S2. The lowest BCUT2D eigenvalue weighted by atomic mass is 10.1. The molecule has 10 aromatic rings. The summed E-state index contributed by atoms with van der Waals surface area (Å²) in [6, 6.07) is 49.8. The maximum atomic E-state index is 5.18. The third-order valence-electron chi connectivity index (χ3n) is 8.83. The van der Waals surface area contributed by atoms with Crippen LogP contribution in [0.2, 0.25) is 0 Å². The van der Waals surface area contributed by atoms with Crippen LogP contribution >= 0.6 is 22.7 Å². The van der Waals surface area contributed by atoms with Gasteiger partial charge >= 0.3 is 0 Å². The molecule has 0 atom stereocenters. The van der Waals surface area contributed by atoms with Gasteiger partial charge in [-0.3, -0.25) is 0 Å². The Labute approximate surface area is 266 Å². The number of hydrogen-bond acceptors (Lipinski definition) is 4. The highest BCUT2D eigenvalue weighted by Crippen LogP contribution is 2.44. The summed E-state index contributed by atoms with van der Waals surface area (Å²) < 4.78 is 7.40. The summed E-state index contributed by atoms with van der Waals surface area (Å²) in [7, 11) is 0. The molecule has 0 aliphatic carbocycles. The maximum Gasteiger partial charge on any atom is 0.160 e. The second-order valence-corrected chi connectivity index (χ2v) is 13.5. The highest BCUT2D eigenvalue weighted by molar-refractivity contribution is 7.26. The number of thiophene rings is 2. The molecule has 0 saturated heterocycles. The summed E-state index contributed by atoms with van der Waals surface area (Å²) in [5.41, 5.74) is 7.66. The van der Waals surface area contributed by atoms with Crippen molar-refractivity contribution in [2.75, 3.05) is 0 Å². The van der Waals surface area contributed by atoms with Crippen molar-refractivity contribution in [2.24, 2.45) is 0 Å². The lowest BCUT2D eigenvalue weighted by molar-refractivity contribution is 1.18. The standard InChI is InChI=1S/C40H23N3S2/c1-2-10-25(11-3-1)40-41-37(39-38(42-40)29-14-6-9-17-33(29)45-39)24-18-20-26(21-19-24)43-30-15-7-4-12-27(30)35-31(43)22-23-34-36(35)28-13-5-8-16-32(28)44-34/h1-23H. The van der Waals surface area contributed by atoms with Gasteiger partial charge in [-0.15, -0.1) is 22.7 Å². The molecule has 10 rings (SSSR count). The quantitative estimate of drug-likeness (QED) is 0.199. The number of para-hydroxylation sites is 1. The average Bonchev–Trinajstić information content (AvgIpc) is 3.78. The summed E-state index contributed by atoms with van der Waals surface area (Å²) in [6.07, 6.45) is 0. The summed E-state index contributed by atoms with van der Waals surface area (Å²) in [5.74, 6) is 0.750. The maximum absolute atomic E-state index is 5.18. The fourth-order valence-electron chi connectivity index (χ4n) is 6.82. The van der Waals surface area contributed by atoms with E-state index < -0.39 is 0 Å². The molecule has 0 bridgehead atoms. The molecule has 45 heavy (non-hydrogen) atoms. The van der Waals surface area contributed by atoms with E-state index in [1.54, 1.807) is 11.3 Å². The van der Waals surface area contributed by atoms with Crippen LogP contribution in [0.4, 0.5) is 0 Å². The van der Waals surface area contributed by atoms with Crippen molar-refractivity contribution in [1.29, 1.82) is 0 Å². The van der Waals surface area contributed by atoms with Crippen molar-refractivity contribution in [3.05, 3.63) is 140 Å². The largest absolute Gasteiger partial charge is 0.309 e. The predicted molar refractivity (Wildman–Crippen MR) is 193 cm³/mol. The summed E-state index contributed by atoms with van der Waals surface area (Å²) in [4.78, 5) is 10.3. The molecule has 0 amide bonds. The minimum Gasteiger partial charge on any atom is -0.309 e. The van der Waals surface area contributed by atoms with Crippen LogP contribution in [-0.4, -0.2) is 14.5 Å². The van der Waals surface area contributed by atoms with Gasteiger partial charge in [0.2, 0.25) is 0 Å².